The van der Waals surface area contributed by atoms with E-state index in [9.17, 15) is 20.2 Å². The summed E-state index contributed by atoms with van der Waals surface area (Å²) in [6.07, 6.45) is 0.683. The van der Waals surface area contributed by atoms with Crippen molar-refractivity contribution in [3.8, 4) is 5.75 Å². The molecule has 104 valence electrons. The van der Waals surface area contributed by atoms with Crippen LogP contribution in [0.2, 0.25) is 0 Å². The summed E-state index contributed by atoms with van der Waals surface area (Å²) < 4.78 is 5.43. The van der Waals surface area contributed by atoms with Gasteiger partial charge in [-0.2, -0.15) is 0 Å². The molecule has 2 rings (SSSR count). The molecular weight excluding hydrogens is 264 g/mol. The lowest BCUT2D eigenvalue weighted by Gasteiger charge is -2.09. The number of rotatable bonds is 5. The van der Waals surface area contributed by atoms with Crippen LogP contribution in [0.5, 0.6) is 5.75 Å². The minimum Gasteiger partial charge on any atom is -0.486 e. The van der Waals surface area contributed by atoms with Gasteiger partial charge >= 0.3 is 5.69 Å². The molecular formula is C13H12N2O5. The average Bonchev–Trinajstić information content (AvgIpc) is 2.43. The molecule has 0 aliphatic heterocycles. The van der Waals surface area contributed by atoms with Gasteiger partial charge in [-0.3, -0.25) is 20.2 Å². The van der Waals surface area contributed by atoms with Crippen molar-refractivity contribution in [2.24, 2.45) is 0 Å². The van der Waals surface area contributed by atoms with Crippen molar-refractivity contribution < 1.29 is 14.6 Å². The zero-order valence-corrected chi connectivity index (χ0v) is 10.7. The minimum absolute atomic E-state index is 0.0815. The second-order valence-corrected chi connectivity index (χ2v) is 4.15. The van der Waals surface area contributed by atoms with Crippen LogP contribution < -0.4 is 4.74 Å². The predicted molar refractivity (Wildman–Crippen MR) is 73.0 cm³/mol. The van der Waals surface area contributed by atoms with Gasteiger partial charge in [0.05, 0.1) is 27.9 Å². The zero-order valence-electron chi connectivity index (χ0n) is 10.7. The summed E-state index contributed by atoms with van der Waals surface area (Å²) in [7, 11) is 0. The number of ether oxygens (including phenoxy) is 1. The van der Waals surface area contributed by atoms with Crippen molar-refractivity contribution in [3.05, 3.63) is 50.6 Å². The second-order valence-electron chi connectivity index (χ2n) is 4.15. The van der Waals surface area contributed by atoms with Crippen molar-refractivity contribution in [2.75, 3.05) is 6.61 Å². The van der Waals surface area contributed by atoms with E-state index in [0.29, 0.717) is 23.8 Å². The molecule has 0 bridgehead atoms. The van der Waals surface area contributed by atoms with Gasteiger partial charge in [-0.05, 0) is 12.5 Å². The highest BCUT2D eigenvalue weighted by molar-refractivity contribution is 5.98. The van der Waals surface area contributed by atoms with E-state index in [1.54, 1.807) is 24.3 Å². The SMILES string of the molecule is CCCOc1c([N+](=O)[O-])cc([N+](=O)[O-])c2ccccc12. The Morgan fingerprint density at radius 2 is 1.65 bits per heavy atom. The monoisotopic (exact) mass is 276 g/mol. The molecule has 0 radical (unpaired) electrons. The van der Waals surface area contributed by atoms with Crippen LogP contribution in [0.4, 0.5) is 11.4 Å². The highest BCUT2D eigenvalue weighted by atomic mass is 16.6. The van der Waals surface area contributed by atoms with Gasteiger partial charge in [0.15, 0.2) is 0 Å². The number of nitro groups is 2. The fraction of sp³-hybridized carbons (Fsp3) is 0.231. The van der Waals surface area contributed by atoms with E-state index >= 15 is 0 Å². The molecule has 2 aromatic carbocycles. The van der Waals surface area contributed by atoms with Gasteiger partial charge in [0.1, 0.15) is 0 Å². The van der Waals surface area contributed by atoms with Crippen LogP contribution in [0.25, 0.3) is 10.8 Å². The first-order valence-electron chi connectivity index (χ1n) is 6.03. The van der Waals surface area contributed by atoms with E-state index in [2.05, 4.69) is 0 Å². The Bertz CT molecular complexity index is 684. The van der Waals surface area contributed by atoms with Gasteiger partial charge < -0.3 is 4.74 Å². The Morgan fingerprint density at radius 3 is 2.20 bits per heavy atom. The summed E-state index contributed by atoms with van der Waals surface area (Å²) in [6.45, 7) is 2.18. The Hall–Kier alpha value is -2.70. The van der Waals surface area contributed by atoms with Crippen LogP contribution in [-0.2, 0) is 0 Å². The van der Waals surface area contributed by atoms with Gasteiger partial charge in [-0.15, -0.1) is 0 Å². The maximum Gasteiger partial charge on any atom is 0.318 e. The molecule has 0 fully saturated rings. The lowest BCUT2D eigenvalue weighted by molar-refractivity contribution is -0.393. The highest BCUT2D eigenvalue weighted by Gasteiger charge is 2.26. The van der Waals surface area contributed by atoms with Crippen molar-refractivity contribution >= 4 is 22.1 Å². The molecule has 0 saturated carbocycles. The van der Waals surface area contributed by atoms with E-state index in [4.69, 9.17) is 4.74 Å². The maximum atomic E-state index is 11.1. The Labute approximate surface area is 114 Å². The first-order valence-corrected chi connectivity index (χ1v) is 6.03. The van der Waals surface area contributed by atoms with Crippen LogP contribution in [-0.4, -0.2) is 16.5 Å². The molecule has 20 heavy (non-hydrogen) atoms. The Morgan fingerprint density at radius 1 is 1.05 bits per heavy atom. The third kappa shape index (κ3) is 2.37. The van der Waals surface area contributed by atoms with Crippen molar-refractivity contribution in [3.63, 3.8) is 0 Å². The third-order valence-corrected chi connectivity index (χ3v) is 2.80. The van der Waals surface area contributed by atoms with Crippen LogP contribution in [0.3, 0.4) is 0 Å². The van der Waals surface area contributed by atoms with Crippen molar-refractivity contribution in [1.82, 2.24) is 0 Å². The number of fused-ring (bicyclic) bond motifs is 1. The molecule has 0 aromatic heterocycles. The number of hydrogen-bond donors (Lipinski definition) is 0. The fourth-order valence-electron chi connectivity index (χ4n) is 1.96. The zero-order chi connectivity index (χ0) is 14.7. The minimum atomic E-state index is -0.662. The van der Waals surface area contributed by atoms with Crippen LogP contribution >= 0.6 is 0 Å². The molecule has 0 saturated heterocycles. The molecule has 0 amide bonds. The second kappa shape index (κ2) is 5.52. The summed E-state index contributed by atoms with van der Waals surface area (Å²) in [5, 5.41) is 22.9. The molecule has 0 unspecified atom stereocenters. The smallest absolute Gasteiger partial charge is 0.318 e. The number of nitro benzene ring substituents is 2. The maximum absolute atomic E-state index is 11.1. The van der Waals surface area contributed by atoms with E-state index in [1.807, 2.05) is 6.92 Å². The summed E-state index contributed by atoms with van der Waals surface area (Å²) in [6, 6.07) is 7.39. The third-order valence-electron chi connectivity index (χ3n) is 2.80. The molecule has 0 heterocycles. The highest BCUT2D eigenvalue weighted by Crippen LogP contribution is 2.40. The van der Waals surface area contributed by atoms with E-state index in [1.165, 1.54) is 0 Å². The molecule has 7 heteroatoms. The normalized spacial score (nSPS) is 10.4. The van der Waals surface area contributed by atoms with Crippen LogP contribution in [0.15, 0.2) is 30.3 Å². The number of hydrogen-bond acceptors (Lipinski definition) is 5. The van der Waals surface area contributed by atoms with E-state index in [0.717, 1.165) is 6.07 Å². The quantitative estimate of drug-likeness (QED) is 0.615. The Kier molecular flexibility index (Phi) is 3.79. The van der Waals surface area contributed by atoms with E-state index < -0.39 is 9.85 Å². The summed E-state index contributed by atoms with van der Waals surface area (Å²) in [4.78, 5) is 20.9. The fourth-order valence-corrected chi connectivity index (χ4v) is 1.96. The average molecular weight is 276 g/mol. The van der Waals surface area contributed by atoms with Gasteiger partial charge in [0, 0.05) is 5.39 Å². The standard InChI is InChI=1S/C13H12N2O5/c1-2-7-20-13-10-6-4-3-5-9(10)11(14(16)17)8-12(13)15(18)19/h3-6,8H,2,7H2,1H3. The van der Waals surface area contributed by atoms with Gasteiger partial charge in [-0.25, -0.2) is 0 Å². The molecule has 0 N–H and O–H groups in total. The first kappa shape index (κ1) is 13.7. The van der Waals surface area contributed by atoms with Gasteiger partial charge in [0.2, 0.25) is 5.75 Å². The largest absolute Gasteiger partial charge is 0.486 e. The predicted octanol–water partition coefficient (Wildman–Crippen LogP) is 3.45. The molecule has 0 spiro atoms. The summed E-state index contributed by atoms with van der Waals surface area (Å²) in [5.74, 6) is 0.0815. The van der Waals surface area contributed by atoms with Gasteiger partial charge in [-0.1, -0.05) is 25.1 Å². The summed E-state index contributed by atoms with van der Waals surface area (Å²) in [5.41, 5.74) is -0.681. The summed E-state index contributed by atoms with van der Waals surface area (Å²) >= 11 is 0. The molecule has 0 aliphatic rings. The number of nitrogens with zero attached hydrogens (tertiary/aromatic N) is 2. The van der Waals surface area contributed by atoms with Crippen molar-refractivity contribution in [1.29, 1.82) is 0 Å². The lowest BCUT2D eigenvalue weighted by Crippen LogP contribution is -2.02. The van der Waals surface area contributed by atoms with Crippen LogP contribution in [0.1, 0.15) is 13.3 Å². The molecule has 0 atom stereocenters. The molecule has 7 nitrogen and oxygen atoms in total. The topological polar surface area (TPSA) is 95.5 Å². The lowest BCUT2D eigenvalue weighted by atomic mass is 10.1. The number of benzene rings is 2. The van der Waals surface area contributed by atoms with E-state index in [-0.39, 0.29) is 17.1 Å². The Balaban J connectivity index is 2.80. The number of non-ortho nitro benzene ring substituents is 1. The molecule has 0 aliphatic carbocycles. The molecule has 2 aromatic rings. The first-order chi connectivity index (χ1) is 9.56. The van der Waals surface area contributed by atoms with Gasteiger partial charge in [0.25, 0.3) is 5.69 Å². The van der Waals surface area contributed by atoms with Crippen molar-refractivity contribution in [2.45, 2.75) is 13.3 Å². The van der Waals surface area contributed by atoms with Crippen LogP contribution in [0, 0.1) is 20.2 Å².